The molecule has 1 aliphatic heterocycles. The molecule has 0 aliphatic carbocycles. The number of aliphatic carboxylic acids is 1. The molecule has 1 amide bonds. The Labute approximate surface area is 155 Å². The Morgan fingerprint density at radius 2 is 2.04 bits per heavy atom. The average Bonchev–Trinajstić information content (AvgIpc) is 2.72. The molecule has 0 aromatic heterocycles. The van der Waals surface area contributed by atoms with Crippen molar-refractivity contribution in [3.8, 4) is 0 Å². The smallest absolute Gasteiger partial charge is 0.305 e. The Hall–Kier alpha value is -1.31. The summed E-state index contributed by atoms with van der Waals surface area (Å²) in [5, 5.41) is 8.79. The maximum atomic E-state index is 12.5. The number of thioether (sulfide) groups is 2. The van der Waals surface area contributed by atoms with Gasteiger partial charge >= 0.3 is 5.97 Å². The van der Waals surface area contributed by atoms with E-state index in [0.717, 1.165) is 10.5 Å². The number of benzene rings is 1. The molecule has 0 saturated carbocycles. The van der Waals surface area contributed by atoms with Crippen LogP contribution in [-0.2, 0) is 9.59 Å². The van der Waals surface area contributed by atoms with Crippen LogP contribution in [0.25, 0.3) is 6.08 Å². The molecule has 1 aromatic rings. The molecular formula is C17H19NO3S3. The van der Waals surface area contributed by atoms with Crippen molar-refractivity contribution >= 4 is 58.0 Å². The van der Waals surface area contributed by atoms with Crippen molar-refractivity contribution in [2.45, 2.75) is 36.8 Å². The molecule has 2 rings (SSSR count). The molecule has 7 heteroatoms. The fourth-order valence-electron chi connectivity index (χ4n) is 2.06. The highest BCUT2D eigenvalue weighted by Crippen LogP contribution is 2.37. The molecule has 1 aromatic carbocycles. The van der Waals surface area contributed by atoms with E-state index in [4.69, 9.17) is 17.3 Å². The summed E-state index contributed by atoms with van der Waals surface area (Å²) in [4.78, 5) is 26.2. The van der Waals surface area contributed by atoms with Gasteiger partial charge < -0.3 is 5.11 Å². The molecule has 128 valence electrons. The molecule has 0 bridgehead atoms. The second-order valence-electron chi connectivity index (χ2n) is 6.23. The second-order valence-corrected chi connectivity index (χ2v) is 9.77. The lowest BCUT2D eigenvalue weighted by Gasteiger charge is -2.19. The third kappa shape index (κ3) is 5.09. The highest BCUT2D eigenvalue weighted by molar-refractivity contribution is 8.26. The van der Waals surface area contributed by atoms with Crippen LogP contribution in [0.4, 0.5) is 0 Å². The fraction of sp³-hybridized carbons (Fsp3) is 0.353. The molecular weight excluding hydrogens is 362 g/mol. The van der Waals surface area contributed by atoms with Crippen LogP contribution >= 0.6 is 35.7 Å². The topological polar surface area (TPSA) is 57.6 Å². The minimum Gasteiger partial charge on any atom is -0.481 e. The molecule has 4 nitrogen and oxygen atoms in total. The molecule has 1 aliphatic rings. The Balaban J connectivity index is 2.25. The zero-order chi connectivity index (χ0) is 17.9. The zero-order valence-corrected chi connectivity index (χ0v) is 16.2. The largest absolute Gasteiger partial charge is 0.481 e. The fourth-order valence-corrected chi connectivity index (χ4v) is 4.41. The monoisotopic (exact) mass is 381 g/mol. The number of nitrogens with zero attached hydrogens (tertiary/aromatic N) is 1. The number of amides is 1. The molecule has 0 radical (unpaired) electrons. The van der Waals surface area contributed by atoms with Crippen molar-refractivity contribution in [2.75, 3.05) is 6.54 Å². The van der Waals surface area contributed by atoms with Crippen molar-refractivity contribution < 1.29 is 14.7 Å². The van der Waals surface area contributed by atoms with E-state index in [2.05, 4.69) is 20.8 Å². The predicted molar refractivity (Wildman–Crippen MR) is 104 cm³/mol. The standard InChI is InChI=1S/C17H19NO3S3/c1-17(2,3)24-12-7-5-4-6-11(12)10-13-15(21)18(16(22)23-13)9-8-14(19)20/h4-7,10H,8-9H2,1-3H3,(H,19,20)/b13-10+. The van der Waals surface area contributed by atoms with Crippen molar-refractivity contribution in [3.63, 3.8) is 0 Å². The summed E-state index contributed by atoms with van der Waals surface area (Å²) in [6.45, 7) is 6.52. The van der Waals surface area contributed by atoms with Gasteiger partial charge in [0.25, 0.3) is 5.91 Å². The Morgan fingerprint density at radius 3 is 2.67 bits per heavy atom. The van der Waals surface area contributed by atoms with Gasteiger partial charge in [0.2, 0.25) is 0 Å². The number of carboxylic acid groups (broad SMARTS) is 1. The molecule has 1 fully saturated rings. The minimum absolute atomic E-state index is 0.0598. The molecule has 1 saturated heterocycles. The Bertz CT molecular complexity index is 707. The number of carbonyl (C=O) groups is 2. The van der Waals surface area contributed by atoms with E-state index in [1.807, 2.05) is 30.3 Å². The number of hydrogen-bond acceptors (Lipinski definition) is 5. The zero-order valence-electron chi connectivity index (χ0n) is 13.7. The first kappa shape index (κ1) is 19.0. The number of carbonyl (C=O) groups excluding carboxylic acids is 1. The summed E-state index contributed by atoms with van der Waals surface area (Å²) in [7, 11) is 0. The Morgan fingerprint density at radius 1 is 1.38 bits per heavy atom. The minimum atomic E-state index is -0.944. The van der Waals surface area contributed by atoms with Crippen molar-refractivity contribution in [2.24, 2.45) is 0 Å². The highest BCUT2D eigenvalue weighted by Gasteiger charge is 2.32. The van der Waals surface area contributed by atoms with Crippen molar-refractivity contribution in [1.29, 1.82) is 0 Å². The number of carboxylic acids is 1. The lowest BCUT2D eigenvalue weighted by Crippen LogP contribution is -2.30. The molecule has 0 spiro atoms. The van der Waals surface area contributed by atoms with Gasteiger partial charge in [-0.3, -0.25) is 14.5 Å². The molecule has 1 heterocycles. The maximum absolute atomic E-state index is 12.5. The first-order chi connectivity index (χ1) is 11.2. The van der Waals surface area contributed by atoms with Gasteiger partial charge in [0.05, 0.1) is 11.3 Å². The number of hydrogen-bond donors (Lipinski definition) is 1. The summed E-state index contributed by atoms with van der Waals surface area (Å²) in [5.74, 6) is -1.17. The molecule has 1 N–H and O–H groups in total. The van der Waals surface area contributed by atoms with Crippen LogP contribution in [0.1, 0.15) is 32.8 Å². The van der Waals surface area contributed by atoms with Crippen LogP contribution in [0, 0.1) is 0 Å². The quantitative estimate of drug-likeness (QED) is 0.467. The maximum Gasteiger partial charge on any atom is 0.305 e. The predicted octanol–water partition coefficient (Wildman–Crippen LogP) is 4.25. The lowest BCUT2D eigenvalue weighted by atomic mass is 10.2. The first-order valence-electron chi connectivity index (χ1n) is 7.42. The third-order valence-electron chi connectivity index (χ3n) is 3.04. The van der Waals surface area contributed by atoms with Gasteiger partial charge in [-0.05, 0) is 17.7 Å². The summed E-state index contributed by atoms with van der Waals surface area (Å²) in [5.41, 5.74) is 0.969. The van der Waals surface area contributed by atoms with E-state index in [9.17, 15) is 9.59 Å². The SMILES string of the molecule is CC(C)(C)Sc1ccccc1/C=C1/SC(=S)N(CCC(=O)O)C1=O. The molecule has 24 heavy (non-hydrogen) atoms. The lowest BCUT2D eigenvalue weighted by molar-refractivity contribution is -0.137. The van der Waals surface area contributed by atoms with Gasteiger partial charge in [-0.1, -0.05) is 63.0 Å². The third-order valence-corrected chi connectivity index (χ3v) is 5.63. The summed E-state index contributed by atoms with van der Waals surface area (Å²) in [6, 6.07) is 7.91. The average molecular weight is 382 g/mol. The number of thiocarbonyl (C=S) groups is 1. The van der Waals surface area contributed by atoms with Crippen LogP contribution in [0.15, 0.2) is 34.1 Å². The van der Waals surface area contributed by atoms with E-state index in [-0.39, 0.29) is 23.6 Å². The van der Waals surface area contributed by atoms with Gasteiger partial charge in [-0.25, -0.2) is 0 Å². The normalized spacial score (nSPS) is 17.0. The van der Waals surface area contributed by atoms with Gasteiger partial charge in [-0.15, -0.1) is 11.8 Å². The number of rotatable bonds is 5. The van der Waals surface area contributed by atoms with Crippen LogP contribution in [-0.4, -0.2) is 37.5 Å². The van der Waals surface area contributed by atoms with E-state index >= 15 is 0 Å². The highest BCUT2D eigenvalue weighted by atomic mass is 32.2. The van der Waals surface area contributed by atoms with Crippen LogP contribution in [0.3, 0.4) is 0 Å². The summed E-state index contributed by atoms with van der Waals surface area (Å²) in [6.07, 6.45) is 1.73. The Kier molecular flexibility index (Phi) is 6.11. The molecule has 0 unspecified atom stereocenters. The van der Waals surface area contributed by atoms with E-state index in [0.29, 0.717) is 9.23 Å². The van der Waals surface area contributed by atoms with E-state index in [1.165, 1.54) is 16.7 Å². The van der Waals surface area contributed by atoms with E-state index < -0.39 is 5.97 Å². The first-order valence-corrected chi connectivity index (χ1v) is 9.47. The van der Waals surface area contributed by atoms with Crippen molar-refractivity contribution in [1.82, 2.24) is 4.90 Å². The van der Waals surface area contributed by atoms with Gasteiger partial charge in [0.1, 0.15) is 4.32 Å². The van der Waals surface area contributed by atoms with Gasteiger partial charge in [0.15, 0.2) is 0 Å². The summed E-state index contributed by atoms with van der Waals surface area (Å²) < 4.78 is 0.470. The molecule has 0 atom stereocenters. The van der Waals surface area contributed by atoms with Gasteiger partial charge in [-0.2, -0.15) is 0 Å². The van der Waals surface area contributed by atoms with Crippen LogP contribution < -0.4 is 0 Å². The van der Waals surface area contributed by atoms with Gasteiger partial charge in [0, 0.05) is 16.2 Å². The summed E-state index contributed by atoms with van der Waals surface area (Å²) >= 11 is 8.17. The van der Waals surface area contributed by atoms with Crippen molar-refractivity contribution in [3.05, 3.63) is 34.7 Å². The van der Waals surface area contributed by atoms with E-state index in [1.54, 1.807) is 11.8 Å². The van der Waals surface area contributed by atoms with Crippen LogP contribution in [0.2, 0.25) is 0 Å². The second kappa shape index (κ2) is 7.72. The van der Waals surface area contributed by atoms with Crippen LogP contribution in [0.5, 0.6) is 0 Å².